The second kappa shape index (κ2) is 9.58. The molecule has 0 saturated carbocycles. The van der Waals surface area contributed by atoms with E-state index in [1.54, 1.807) is 29.2 Å². The Kier molecular flexibility index (Phi) is 6.89. The van der Waals surface area contributed by atoms with Crippen LogP contribution in [0.25, 0.3) is 0 Å². The van der Waals surface area contributed by atoms with Gasteiger partial charge in [-0.25, -0.2) is 9.97 Å². The fourth-order valence-corrected chi connectivity index (χ4v) is 4.02. The molecule has 0 saturated heterocycles. The first-order chi connectivity index (χ1) is 14.4. The minimum atomic E-state index is -0.232. The number of benzene rings is 1. The van der Waals surface area contributed by atoms with Gasteiger partial charge in [0.2, 0.25) is 11.3 Å². The number of hydrogen-bond donors (Lipinski definition) is 1. The lowest BCUT2D eigenvalue weighted by atomic mass is 10.1. The molecule has 0 aliphatic heterocycles. The standard InChI is InChI=1S/C22H24N4O3S/c1-14-8-15(2)21(16(3)9-14)25-20(28)12-26-11-19(29-4)18(27)10-17(26)13-30-22-23-6-5-7-24-22/h5-11H,12-13H2,1-4H3,(H,25,28). The van der Waals surface area contributed by atoms with Crippen molar-refractivity contribution in [2.45, 2.75) is 38.2 Å². The molecule has 1 aromatic carbocycles. The van der Waals surface area contributed by atoms with Crippen molar-refractivity contribution in [2.24, 2.45) is 0 Å². The Morgan fingerprint density at radius 2 is 1.80 bits per heavy atom. The highest BCUT2D eigenvalue weighted by molar-refractivity contribution is 7.98. The van der Waals surface area contributed by atoms with Gasteiger partial charge in [0, 0.05) is 35.6 Å². The number of methoxy groups -OCH3 is 1. The van der Waals surface area contributed by atoms with E-state index in [-0.39, 0.29) is 23.6 Å². The highest BCUT2D eigenvalue weighted by Gasteiger charge is 2.13. The van der Waals surface area contributed by atoms with Crippen molar-refractivity contribution in [3.63, 3.8) is 0 Å². The maximum absolute atomic E-state index is 12.8. The minimum absolute atomic E-state index is 0.0505. The van der Waals surface area contributed by atoms with E-state index in [1.165, 1.54) is 24.9 Å². The number of anilines is 1. The van der Waals surface area contributed by atoms with E-state index in [2.05, 4.69) is 15.3 Å². The summed E-state index contributed by atoms with van der Waals surface area (Å²) in [5.74, 6) is 0.451. The molecule has 0 aliphatic rings. The van der Waals surface area contributed by atoms with Gasteiger partial charge in [0.15, 0.2) is 10.9 Å². The van der Waals surface area contributed by atoms with Crippen LogP contribution in [0.15, 0.2) is 52.8 Å². The predicted molar refractivity (Wildman–Crippen MR) is 118 cm³/mol. The Labute approximate surface area is 179 Å². The summed E-state index contributed by atoms with van der Waals surface area (Å²) in [4.78, 5) is 33.4. The van der Waals surface area contributed by atoms with Gasteiger partial charge in [0.25, 0.3) is 0 Å². The fraction of sp³-hybridized carbons (Fsp3) is 0.273. The zero-order valence-corrected chi connectivity index (χ0v) is 18.2. The molecule has 1 amide bonds. The number of nitrogens with one attached hydrogen (secondary N) is 1. The Morgan fingerprint density at radius 1 is 1.13 bits per heavy atom. The van der Waals surface area contributed by atoms with Crippen LogP contribution in [-0.4, -0.2) is 27.6 Å². The smallest absolute Gasteiger partial charge is 0.244 e. The zero-order valence-electron chi connectivity index (χ0n) is 17.4. The fourth-order valence-electron chi connectivity index (χ4n) is 3.23. The van der Waals surface area contributed by atoms with Gasteiger partial charge in [-0.15, -0.1) is 0 Å². The zero-order chi connectivity index (χ0) is 21.7. The summed E-state index contributed by atoms with van der Waals surface area (Å²) in [6, 6.07) is 7.30. The Balaban J connectivity index is 1.83. The number of pyridine rings is 1. The van der Waals surface area contributed by atoms with Gasteiger partial charge < -0.3 is 14.6 Å². The molecule has 0 bridgehead atoms. The van der Waals surface area contributed by atoms with Crippen LogP contribution in [0.3, 0.4) is 0 Å². The summed E-state index contributed by atoms with van der Waals surface area (Å²) in [5, 5.41) is 3.60. The Hall–Kier alpha value is -3.13. The van der Waals surface area contributed by atoms with Gasteiger partial charge in [-0.05, 0) is 38.0 Å². The Morgan fingerprint density at radius 3 is 2.43 bits per heavy atom. The quantitative estimate of drug-likeness (QED) is 0.461. The average molecular weight is 425 g/mol. The molecule has 30 heavy (non-hydrogen) atoms. The van der Waals surface area contributed by atoms with Crippen LogP contribution < -0.4 is 15.5 Å². The van der Waals surface area contributed by atoms with E-state index in [0.29, 0.717) is 16.6 Å². The minimum Gasteiger partial charge on any atom is -0.491 e. The van der Waals surface area contributed by atoms with Gasteiger partial charge in [0.05, 0.1) is 13.3 Å². The van der Waals surface area contributed by atoms with Gasteiger partial charge >= 0.3 is 0 Å². The molecule has 3 rings (SSSR count). The van der Waals surface area contributed by atoms with Crippen molar-refractivity contribution in [1.29, 1.82) is 0 Å². The van der Waals surface area contributed by atoms with E-state index in [4.69, 9.17) is 4.74 Å². The number of carbonyl (C=O) groups excluding carboxylic acids is 1. The summed E-state index contributed by atoms with van der Waals surface area (Å²) in [6.45, 7) is 6.02. The Bertz CT molecular complexity index is 1090. The highest BCUT2D eigenvalue weighted by atomic mass is 32.2. The molecular formula is C22H24N4O3S. The van der Waals surface area contributed by atoms with Crippen LogP contribution in [0.1, 0.15) is 22.4 Å². The number of ether oxygens (including phenoxy) is 1. The van der Waals surface area contributed by atoms with Crippen LogP contribution in [0.5, 0.6) is 5.75 Å². The van der Waals surface area contributed by atoms with Crippen molar-refractivity contribution >= 4 is 23.4 Å². The van der Waals surface area contributed by atoms with E-state index in [0.717, 1.165) is 22.4 Å². The number of aryl methyl sites for hydroxylation is 3. The second-order valence-corrected chi connectivity index (χ2v) is 7.91. The van der Waals surface area contributed by atoms with Crippen LogP contribution >= 0.6 is 11.8 Å². The number of rotatable bonds is 7. The molecule has 3 aromatic rings. The van der Waals surface area contributed by atoms with Crippen molar-refractivity contribution in [2.75, 3.05) is 12.4 Å². The lowest BCUT2D eigenvalue weighted by Crippen LogP contribution is -2.23. The molecule has 0 fully saturated rings. The monoisotopic (exact) mass is 424 g/mol. The summed E-state index contributed by atoms with van der Waals surface area (Å²) in [5.41, 5.74) is 4.43. The molecule has 0 radical (unpaired) electrons. The molecule has 156 valence electrons. The number of thioether (sulfide) groups is 1. The number of amides is 1. The number of hydrogen-bond acceptors (Lipinski definition) is 6. The normalized spacial score (nSPS) is 10.7. The van der Waals surface area contributed by atoms with Gasteiger partial charge in [-0.2, -0.15) is 0 Å². The largest absolute Gasteiger partial charge is 0.491 e. The van der Waals surface area contributed by atoms with Gasteiger partial charge in [0.1, 0.15) is 6.54 Å². The third-order valence-electron chi connectivity index (χ3n) is 4.55. The maximum Gasteiger partial charge on any atom is 0.244 e. The van der Waals surface area contributed by atoms with Crippen molar-refractivity contribution in [3.8, 4) is 5.75 Å². The van der Waals surface area contributed by atoms with Crippen LogP contribution in [0, 0.1) is 20.8 Å². The van der Waals surface area contributed by atoms with Crippen LogP contribution in [0.4, 0.5) is 5.69 Å². The molecule has 8 heteroatoms. The number of nitrogens with zero attached hydrogens (tertiary/aromatic N) is 3. The predicted octanol–water partition coefficient (Wildman–Crippen LogP) is 3.50. The molecule has 2 aromatic heterocycles. The van der Waals surface area contributed by atoms with Crippen LogP contribution in [-0.2, 0) is 17.1 Å². The lowest BCUT2D eigenvalue weighted by Gasteiger charge is -2.16. The van der Waals surface area contributed by atoms with Crippen molar-refractivity contribution in [1.82, 2.24) is 14.5 Å². The molecule has 2 heterocycles. The third-order valence-corrected chi connectivity index (χ3v) is 5.46. The van der Waals surface area contributed by atoms with Gasteiger partial charge in [-0.3, -0.25) is 9.59 Å². The molecular weight excluding hydrogens is 400 g/mol. The number of carbonyl (C=O) groups is 1. The lowest BCUT2D eigenvalue weighted by molar-refractivity contribution is -0.116. The molecule has 0 unspecified atom stereocenters. The topological polar surface area (TPSA) is 86.1 Å². The van der Waals surface area contributed by atoms with Gasteiger partial charge in [-0.1, -0.05) is 29.5 Å². The number of aromatic nitrogens is 3. The van der Waals surface area contributed by atoms with E-state index in [9.17, 15) is 9.59 Å². The summed E-state index contributed by atoms with van der Waals surface area (Å²) < 4.78 is 6.88. The molecule has 0 atom stereocenters. The third kappa shape index (κ3) is 5.27. The first-order valence-electron chi connectivity index (χ1n) is 9.42. The molecule has 0 aliphatic carbocycles. The molecule has 7 nitrogen and oxygen atoms in total. The second-order valence-electron chi connectivity index (χ2n) is 6.97. The van der Waals surface area contributed by atoms with Crippen molar-refractivity contribution in [3.05, 3.63) is 75.5 Å². The average Bonchev–Trinajstić information content (AvgIpc) is 2.71. The highest BCUT2D eigenvalue weighted by Crippen LogP contribution is 2.23. The first-order valence-corrected chi connectivity index (χ1v) is 10.4. The van der Waals surface area contributed by atoms with E-state index < -0.39 is 0 Å². The van der Waals surface area contributed by atoms with E-state index in [1.807, 2.05) is 32.9 Å². The maximum atomic E-state index is 12.8. The van der Waals surface area contributed by atoms with E-state index >= 15 is 0 Å². The SMILES string of the molecule is COc1cn(CC(=O)Nc2c(C)cc(C)cc2C)c(CSc2ncccn2)cc1=O. The summed E-state index contributed by atoms with van der Waals surface area (Å²) >= 11 is 1.39. The van der Waals surface area contributed by atoms with Crippen LogP contribution in [0.2, 0.25) is 0 Å². The molecule has 0 spiro atoms. The molecule has 1 N–H and O–H groups in total. The summed E-state index contributed by atoms with van der Waals surface area (Å²) in [6.07, 6.45) is 4.89. The first kappa shape index (κ1) is 21.6. The summed E-state index contributed by atoms with van der Waals surface area (Å²) in [7, 11) is 1.44. The van der Waals surface area contributed by atoms with Crippen molar-refractivity contribution < 1.29 is 9.53 Å².